The molecule has 1 rings (SSSR count). The predicted octanol–water partition coefficient (Wildman–Crippen LogP) is 3.56. The van der Waals surface area contributed by atoms with Crippen LogP contribution in [-0.4, -0.2) is 31.1 Å². The Balaban J connectivity index is 2.62. The molecule has 0 bridgehead atoms. The highest BCUT2D eigenvalue weighted by molar-refractivity contribution is 7.66. The number of carbonyl (C=O) groups excluding carboxylic acids is 1. The summed E-state index contributed by atoms with van der Waals surface area (Å²) in [6.07, 6.45) is 3.89. The normalized spacial score (nSPS) is 15.5. The fourth-order valence-electron chi connectivity index (χ4n) is 1.55. The first-order valence-corrected chi connectivity index (χ1v) is 9.05. The van der Waals surface area contributed by atoms with Gasteiger partial charge in [-0.05, 0) is 45.0 Å². The van der Waals surface area contributed by atoms with Crippen molar-refractivity contribution in [1.29, 1.82) is 0 Å². The Bertz CT molecular complexity index is 502. The van der Waals surface area contributed by atoms with E-state index in [0.29, 0.717) is 10.8 Å². The summed E-state index contributed by atoms with van der Waals surface area (Å²) in [6, 6.07) is 6.55. The Morgan fingerprint density at radius 2 is 1.85 bits per heavy atom. The Labute approximate surface area is 125 Å². The number of rotatable bonds is 6. The third-order valence-corrected chi connectivity index (χ3v) is 4.09. The van der Waals surface area contributed by atoms with Crippen molar-refractivity contribution in [2.75, 3.05) is 6.66 Å². The quantitative estimate of drug-likeness (QED) is 0.644. The summed E-state index contributed by atoms with van der Waals surface area (Å²) >= 11 is 5.82. The van der Waals surface area contributed by atoms with Gasteiger partial charge in [0.2, 0.25) is 0 Å². The summed E-state index contributed by atoms with van der Waals surface area (Å²) in [7, 11) is -2.18. The van der Waals surface area contributed by atoms with Gasteiger partial charge in [0.1, 0.15) is 19.1 Å². The summed E-state index contributed by atoms with van der Waals surface area (Å²) in [5.41, 5.74) is 0. The van der Waals surface area contributed by atoms with Gasteiger partial charge in [0.05, 0.1) is 6.10 Å². The third kappa shape index (κ3) is 6.00. The van der Waals surface area contributed by atoms with Crippen molar-refractivity contribution in [3.05, 3.63) is 29.3 Å². The Kier molecular flexibility index (Phi) is 6.12. The Morgan fingerprint density at radius 3 is 2.35 bits per heavy atom. The molecule has 0 amide bonds. The lowest BCUT2D eigenvalue weighted by atomic mass is 10.3. The van der Waals surface area contributed by atoms with Gasteiger partial charge in [-0.3, -0.25) is 9.88 Å². The van der Waals surface area contributed by atoms with Crippen molar-refractivity contribution in [3.63, 3.8) is 0 Å². The maximum absolute atomic E-state index is 11.8. The minimum atomic E-state index is -2.18. The lowest BCUT2D eigenvalue weighted by Crippen LogP contribution is -2.35. The third-order valence-electron chi connectivity index (χ3n) is 2.29. The number of hydrogen-bond acceptors (Lipinski definition) is 4. The molecule has 1 aromatic rings. The van der Waals surface area contributed by atoms with Crippen molar-refractivity contribution in [1.82, 2.24) is 5.09 Å². The Hall–Kier alpha value is -0.960. The Morgan fingerprint density at radius 1 is 1.30 bits per heavy atom. The maximum Gasteiger partial charge on any atom is 0.323 e. The highest BCUT2D eigenvalue weighted by Crippen LogP contribution is 2.39. The average Bonchev–Trinajstić information content (AvgIpc) is 2.30. The average molecular weight is 318 g/mol. The van der Waals surface area contributed by atoms with Crippen LogP contribution in [-0.2, 0) is 9.53 Å². The fraction of sp³-hybridized carbons (Fsp3) is 0.429. The second-order valence-corrected chi connectivity index (χ2v) is 8.06. The van der Waals surface area contributed by atoms with E-state index in [1.807, 2.05) is 20.5 Å². The first-order chi connectivity index (χ1) is 9.19. The first kappa shape index (κ1) is 17.1. The van der Waals surface area contributed by atoms with Crippen LogP contribution in [0.2, 0.25) is 5.02 Å². The molecule has 0 aliphatic rings. The monoisotopic (exact) mass is 317 g/mol. The highest BCUT2D eigenvalue weighted by atomic mass is 35.5. The van der Waals surface area contributed by atoms with Crippen LogP contribution in [0.1, 0.15) is 20.8 Å². The fourth-order valence-corrected chi connectivity index (χ4v) is 3.24. The smallest absolute Gasteiger partial charge is 0.323 e. The molecule has 0 fully saturated rings. The molecule has 1 N–H and O–H groups in total. The van der Waals surface area contributed by atoms with Gasteiger partial charge >= 0.3 is 5.97 Å². The van der Waals surface area contributed by atoms with Crippen LogP contribution in [0.25, 0.3) is 0 Å². The molecule has 0 aliphatic carbocycles. The van der Waals surface area contributed by atoms with E-state index >= 15 is 0 Å². The van der Waals surface area contributed by atoms with E-state index in [0.717, 1.165) is 0 Å². The number of carbonyl (C=O) groups is 1. The number of hydrogen-bond donors (Lipinski definition) is 1. The minimum Gasteiger partial charge on any atom is -0.463 e. The molecule has 0 aromatic heterocycles. The van der Waals surface area contributed by atoms with Crippen LogP contribution in [0.5, 0.6) is 5.75 Å². The lowest BCUT2D eigenvalue weighted by Gasteiger charge is -2.26. The van der Waals surface area contributed by atoms with Crippen molar-refractivity contribution in [2.24, 2.45) is 0 Å². The van der Waals surface area contributed by atoms with E-state index in [2.05, 4.69) is 11.4 Å². The van der Waals surface area contributed by atoms with Crippen LogP contribution in [0.3, 0.4) is 0 Å². The van der Waals surface area contributed by atoms with Crippen molar-refractivity contribution < 1.29 is 14.1 Å². The zero-order valence-corrected chi connectivity index (χ0v) is 13.9. The molecule has 4 nitrogen and oxygen atoms in total. The number of esters is 1. The zero-order valence-electron chi connectivity index (χ0n) is 12.2. The van der Waals surface area contributed by atoms with Gasteiger partial charge in [-0.2, -0.15) is 0 Å². The SMILES string of the molecule is C=P(C)(N[C@@H](C)C(=O)OC(C)C)Oc1ccc(Cl)cc1. The topological polar surface area (TPSA) is 47.6 Å². The van der Waals surface area contributed by atoms with Gasteiger partial charge in [0.15, 0.2) is 0 Å². The van der Waals surface area contributed by atoms with Crippen LogP contribution in [0, 0.1) is 0 Å². The number of nitrogens with one attached hydrogen (secondary N) is 1. The molecule has 0 heterocycles. The van der Waals surface area contributed by atoms with E-state index < -0.39 is 13.3 Å². The molecular formula is C14H21ClNO3P. The predicted molar refractivity (Wildman–Crippen MR) is 85.9 cm³/mol. The van der Waals surface area contributed by atoms with Gasteiger partial charge in [0.25, 0.3) is 0 Å². The molecule has 2 atom stereocenters. The minimum absolute atomic E-state index is 0.140. The molecule has 1 unspecified atom stereocenters. The molecule has 20 heavy (non-hydrogen) atoms. The van der Waals surface area contributed by atoms with Gasteiger partial charge in [-0.15, -0.1) is 0 Å². The van der Waals surface area contributed by atoms with E-state index in [-0.39, 0.29) is 12.1 Å². The van der Waals surface area contributed by atoms with E-state index in [1.54, 1.807) is 31.2 Å². The van der Waals surface area contributed by atoms with Crippen LogP contribution >= 0.6 is 18.9 Å². The second-order valence-electron chi connectivity index (χ2n) is 4.98. The maximum atomic E-state index is 11.8. The molecule has 6 heteroatoms. The molecule has 0 saturated carbocycles. The molecular weight excluding hydrogens is 297 g/mol. The van der Waals surface area contributed by atoms with Gasteiger partial charge < -0.3 is 9.26 Å². The molecule has 112 valence electrons. The zero-order chi connectivity index (χ0) is 15.3. The van der Waals surface area contributed by atoms with E-state index in [9.17, 15) is 4.79 Å². The van der Waals surface area contributed by atoms with E-state index in [4.69, 9.17) is 20.9 Å². The van der Waals surface area contributed by atoms with Crippen molar-refractivity contribution >= 4 is 31.1 Å². The number of ether oxygens (including phenoxy) is 1. The number of benzene rings is 1. The summed E-state index contributed by atoms with van der Waals surface area (Å²) in [5, 5.41) is 3.74. The van der Waals surface area contributed by atoms with Crippen LogP contribution in [0.15, 0.2) is 24.3 Å². The highest BCUT2D eigenvalue weighted by Gasteiger charge is 2.21. The molecule has 0 spiro atoms. The van der Waals surface area contributed by atoms with Gasteiger partial charge in [-0.25, -0.2) is 0 Å². The second kappa shape index (κ2) is 7.16. The van der Waals surface area contributed by atoms with Gasteiger partial charge in [0, 0.05) is 11.7 Å². The molecule has 0 saturated heterocycles. The first-order valence-electron chi connectivity index (χ1n) is 6.34. The van der Waals surface area contributed by atoms with Crippen LogP contribution < -0.4 is 9.61 Å². The number of halogens is 1. The molecule has 1 aromatic carbocycles. The molecule has 0 aliphatic heterocycles. The summed E-state index contributed by atoms with van der Waals surface area (Å²) in [4.78, 5) is 11.8. The van der Waals surface area contributed by atoms with Crippen molar-refractivity contribution in [3.8, 4) is 5.75 Å². The largest absolute Gasteiger partial charge is 0.463 e. The standard InChI is InChI=1S/C14H21ClNO3P/c1-10(2)18-14(17)11(3)16-20(4,5)19-13-8-6-12(15)7-9-13/h6-11,16H,4H2,1-3,5H3/t11-,20?/m0/s1. The van der Waals surface area contributed by atoms with Crippen molar-refractivity contribution in [2.45, 2.75) is 32.9 Å². The van der Waals surface area contributed by atoms with E-state index in [1.165, 1.54) is 0 Å². The van der Waals surface area contributed by atoms with Crippen LogP contribution in [0.4, 0.5) is 0 Å². The summed E-state index contributed by atoms with van der Waals surface area (Å²) < 4.78 is 10.9. The lowest BCUT2D eigenvalue weighted by molar-refractivity contribution is -0.148. The summed E-state index contributed by atoms with van der Waals surface area (Å²) in [5.74, 6) is 0.353. The van der Waals surface area contributed by atoms with Gasteiger partial charge in [-0.1, -0.05) is 17.9 Å². The summed E-state index contributed by atoms with van der Waals surface area (Å²) in [6.45, 7) is 7.21. The molecule has 0 radical (unpaired) electrons.